The highest BCUT2D eigenvalue weighted by Crippen LogP contribution is 2.29. The van der Waals surface area contributed by atoms with Crippen LogP contribution >= 0.6 is 0 Å². The average Bonchev–Trinajstić information content (AvgIpc) is 2.65. The first-order valence-corrected chi connectivity index (χ1v) is 7.95. The number of nitrogens with zero attached hydrogens (tertiary/aromatic N) is 2. The largest absolute Gasteiger partial charge is 0.493 e. The van der Waals surface area contributed by atoms with E-state index in [0.717, 1.165) is 5.69 Å². The number of hydrogen-bond acceptors (Lipinski definition) is 4. The van der Waals surface area contributed by atoms with Gasteiger partial charge in [0.2, 0.25) is 0 Å². The second kappa shape index (κ2) is 8.98. The van der Waals surface area contributed by atoms with Crippen LogP contribution in [0.5, 0.6) is 11.5 Å². The Labute approximate surface area is 150 Å². The molecule has 0 saturated carbocycles. The van der Waals surface area contributed by atoms with Crippen molar-refractivity contribution in [3.05, 3.63) is 53.9 Å². The molecule has 1 aromatic heterocycles. The fraction of sp³-hybridized carbons (Fsp3) is 0.333. The quantitative estimate of drug-likeness (QED) is 0.814. The van der Waals surface area contributed by atoms with Crippen LogP contribution in [0.1, 0.15) is 24.2 Å². The fourth-order valence-corrected chi connectivity index (χ4v) is 2.32. The van der Waals surface area contributed by atoms with Gasteiger partial charge in [-0.25, -0.2) is 4.79 Å². The van der Waals surface area contributed by atoms with E-state index in [1.165, 1.54) is 24.1 Å². The number of nitrogens with one attached hydrogen (secondary N) is 1. The average molecular weight is 365 g/mol. The van der Waals surface area contributed by atoms with Crippen molar-refractivity contribution in [3.8, 4) is 11.5 Å². The minimum Gasteiger partial charge on any atom is -0.493 e. The van der Waals surface area contributed by atoms with Gasteiger partial charge < -0.3 is 19.7 Å². The van der Waals surface area contributed by atoms with E-state index in [0.29, 0.717) is 5.56 Å². The van der Waals surface area contributed by atoms with E-state index in [-0.39, 0.29) is 30.1 Å². The molecule has 6 nitrogen and oxygen atoms in total. The summed E-state index contributed by atoms with van der Waals surface area (Å²) >= 11 is 0. The predicted octanol–water partition coefficient (Wildman–Crippen LogP) is 3.59. The van der Waals surface area contributed by atoms with Crippen molar-refractivity contribution in [1.82, 2.24) is 15.2 Å². The number of ether oxygens (including phenoxy) is 2. The summed E-state index contributed by atoms with van der Waals surface area (Å²) in [7, 11) is 3.02. The third-order valence-electron chi connectivity index (χ3n) is 3.90. The van der Waals surface area contributed by atoms with Gasteiger partial charge in [-0.2, -0.15) is 8.78 Å². The second-order valence-electron chi connectivity index (χ2n) is 5.56. The normalized spacial score (nSPS) is 11.8. The minimum atomic E-state index is -2.96. The smallest absolute Gasteiger partial charge is 0.387 e. The molecule has 0 aliphatic rings. The van der Waals surface area contributed by atoms with Gasteiger partial charge in [-0.3, -0.25) is 4.98 Å². The lowest BCUT2D eigenvalue weighted by Crippen LogP contribution is -2.38. The van der Waals surface area contributed by atoms with E-state index >= 15 is 0 Å². The summed E-state index contributed by atoms with van der Waals surface area (Å²) in [4.78, 5) is 18.1. The maximum atomic E-state index is 12.5. The fourth-order valence-electron chi connectivity index (χ4n) is 2.32. The van der Waals surface area contributed by atoms with E-state index < -0.39 is 6.61 Å². The Morgan fingerprint density at radius 2 is 2.04 bits per heavy atom. The number of alkyl halides is 2. The molecule has 1 unspecified atom stereocenters. The lowest BCUT2D eigenvalue weighted by atomic mass is 10.2. The van der Waals surface area contributed by atoms with Gasteiger partial charge in [0.05, 0.1) is 18.8 Å². The Balaban J connectivity index is 2.00. The Morgan fingerprint density at radius 3 is 2.65 bits per heavy atom. The van der Waals surface area contributed by atoms with Crippen LogP contribution < -0.4 is 14.8 Å². The monoisotopic (exact) mass is 365 g/mol. The molecule has 8 heteroatoms. The summed E-state index contributed by atoms with van der Waals surface area (Å²) < 4.78 is 34.4. The number of hydrogen-bond donors (Lipinski definition) is 1. The Morgan fingerprint density at radius 1 is 1.27 bits per heavy atom. The molecule has 0 saturated heterocycles. The van der Waals surface area contributed by atoms with Crippen LogP contribution in [0.15, 0.2) is 42.6 Å². The first kappa shape index (κ1) is 19.4. The molecular formula is C18H21F2N3O3. The van der Waals surface area contributed by atoms with Crippen LogP contribution in [0.3, 0.4) is 0 Å². The number of pyridine rings is 1. The molecule has 1 heterocycles. The zero-order valence-corrected chi connectivity index (χ0v) is 14.8. The Bertz CT molecular complexity index is 729. The van der Waals surface area contributed by atoms with Crippen molar-refractivity contribution >= 4 is 6.03 Å². The molecule has 1 atom stereocenters. The van der Waals surface area contributed by atoms with Crippen molar-refractivity contribution < 1.29 is 23.0 Å². The van der Waals surface area contributed by atoms with Gasteiger partial charge in [-0.1, -0.05) is 12.1 Å². The third kappa shape index (κ3) is 5.05. The van der Waals surface area contributed by atoms with Gasteiger partial charge in [0.15, 0.2) is 11.5 Å². The molecule has 140 valence electrons. The first-order chi connectivity index (χ1) is 12.4. The van der Waals surface area contributed by atoms with Gasteiger partial charge in [0, 0.05) is 19.8 Å². The lowest BCUT2D eigenvalue weighted by Gasteiger charge is -2.24. The van der Waals surface area contributed by atoms with E-state index in [1.54, 1.807) is 25.4 Å². The van der Waals surface area contributed by atoms with Crippen LogP contribution in [0.4, 0.5) is 13.6 Å². The van der Waals surface area contributed by atoms with Gasteiger partial charge in [0.25, 0.3) is 0 Å². The summed E-state index contributed by atoms with van der Waals surface area (Å²) in [6.07, 6.45) is 1.67. The van der Waals surface area contributed by atoms with Gasteiger partial charge in [0.1, 0.15) is 0 Å². The van der Waals surface area contributed by atoms with Crippen LogP contribution in [0.2, 0.25) is 0 Å². The highest BCUT2D eigenvalue weighted by Gasteiger charge is 2.18. The van der Waals surface area contributed by atoms with Gasteiger partial charge in [-0.15, -0.1) is 0 Å². The van der Waals surface area contributed by atoms with Crippen molar-refractivity contribution in [2.45, 2.75) is 26.1 Å². The number of carbonyl (C=O) groups is 1. The van der Waals surface area contributed by atoms with Gasteiger partial charge >= 0.3 is 12.6 Å². The molecule has 26 heavy (non-hydrogen) atoms. The second-order valence-corrected chi connectivity index (χ2v) is 5.56. The van der Waals surface area contributed by atoms with Crippen LogP contribution in [0.25, 0.3) is 0 Å². The predicted molar refractivity (Wildman–Crippen MR) is 92.3 cm³/mol. The van der Waals surface area contributed by atoms with Crippen LogP contribution in [-0.2, 0) is 6.54 Å². The van der Waals surface area contributed by atoms with Crippen molar-refractivity contribution in [2.24, 2.45) is 0 Å². The van der Waals surface area contributed by atoms with Crippen molar-refractivity contribution in [1.29, 1.82) is 0 Å². The standard InChI is InChI=1S/C18H21F2N3O3/c1-12(14-6-4-5-9-21-14)23(2)18(24)22-11-13-7-8-15(25-3)16(10-13)26-17(19)20/h4-10,12,17H,11H2,1-3H3,(H,22,24). The van der Waals surface area contributed by atoms with Crippen molar-refractivity contribution in [3.63, 3.8) is 0 Å². The van der Waals surface area contributed by atoms with E-state index in [1.807, 2.05) is 19.1 Å². The lowest BCUT2D eigenvalue weighted by molar-refractivity contribution is -0.0512. The Hall–Kier alpha value is -2.90. The molecule has 1 N–H and O–H groups in total. The number of methoxy groups -OCH3 is 1. The van der Waals surface area contributed by atoms with Gasteiger partial charge in [-0.05, 0) is 36.8 Å². The highest BCUT2D eigenvalue weighted by molar-refractivity contribution is 5.74. The molecule has 0 aliphatic carbocycles. The number of carbonyl (C=O) groups excluding carboxylic acids is 1. The summed E-state index contributed by atoms with van der Waals surface area (Å²) in [6, 6.07) is 9.56. The maximum Gasteiger partial charge on any atom is 0.387 e. The molecule has 0 aliphatic heterocycles. The molecule has 0 bridgehead atoms. The molecule has 0 spiro atoms. The topological polar surface area (TPSA) is 63.7 Å². The zero-order valence-electron chi connectivity index (χ0n) is 14.8. The van der Waals surface area contributed by atoms with Crippen LogP contribution in [0, 0.1) is 0 Å². The zero-order chi connectivity index (χ0) is 19.1. The summed E-state index contributed by atoms with van der Waals surface area (Å²) in [5.41, 5.74) is 1.37. The summed E-state index contributed by atoms with van der Waals surface area (Å²) in [5.74, 6) is 0.116. The minimum absolute atomic E-state index is 0.0792. The number of urea groups is 1. The molecule has 2 rings (SSSR count). The number of aromatic nitrogens is 1. The molecule has 0 radical (unpaired) electrons. The molecular weight excluding hydrogens is 344 g/mol. The van der Waals surface area contributed by atoms with Crippen LogP contribution in [-0.4, -0.2) is 36.7 Å². The molecule has 2 aromatic rings. The maximum absolute atomic E-state index is 12.5. The number of benzene rings is 1. The van der Waals surface area contributed by atoms with Crippen molar-refractivity contribution in [2.75, 3.05) is 14.2 Å². The SMILES string of the molecule is COc1ccc(CNC(=O)N(C)C(C)c2ccccn2)cc1OC(F)F. The molecule has 0 fully saturated rings. The molecule has 1 aromatic carbocycles. The summed E-state index contributed by atoms with van der Waals surface area (Å²) in [6.45, 7) is -0.940. The highest BCUT2D eigenvalue weighted by atomic mass is 19.3. The third-order valence-corrected chi connectivity index (χ3v) is 3.90. The number of amides is 2. The molecule has 2 amide bonds. The van der Waals surface area contributed by atoms with E-state index in [2.05, 4.69) is 15.0 Å². The Kier molecular flexibility index (Phi) is 6.71. The van der Waals surface area contributed by atoms with E-state index in [9.17, 15) is 13.6 Å². The number of rotatable bonds is 7. The summed E-state index contributed by atoms with van der Waals surface area (Å²) in [5, 5.41) is 2.74. The first-order valence-electron chi connectivity index (χ1n) is 7.95. The van der Waals surface area contributed by atoms with E-state index in [4.69, 9.17) is 4.74 Å². The number of halogens is 2.